The summed E-state index contributed by atoms with van der Waals surface area (Å²) in [6, 6.07) is -0.229. The number of nitrogens with zero attached hydrogens (tertiary/aromatic N) is 1. The summed E-state index contributed by atoms with van der Waals surface area (Å²) in [4.78, 5) is 23.9. The molecular formula is C12H23N3O4. The van der Waals surface area contributed by atoms with Gasteiger partial charge in [0.05, 0.1) is 6.61 Å². The van der Waals surface area contributed by atoms with Crippen molar-refractivity contribution in [3.63, 3.8) is 0 Å². The molecule has 7 heteroatoms. The summed E-state index contributed by atoms with van der Waals surface area (Å²) < 4.78 is 4.81. The molecule has 0 spiro atoms. The van der Waals surface area contributed by atoms with Gasteiger partial charge in [-0.05, 0) is 32.4 Å². The summed E-state index contributed by atoms with van der Waals surface area (Å²) in [7, 11) is 2.09. The van der Waals surface area contributed by atoms with Gasteiger partial charge >= 0.3 is 12.0 Å². The summed E-state index contributed by atoms with van der Waals surface area (Å²) in [6.07, 6.45) is 2.32. The monoisotopic (exact) mass is 273 g/mol. The third-order valence-electron chi connectivity index (χ3n) is 3.03. The normalized spacial score (nSPS) is 19.9. The van der Waals surface area contributed by atoms with E-state index >= 15 is 0 Å². The van der Waals surface area contributed by atoms with Crippen molar-refractivity contribution in [2.24, 2.45) is 5.92 Å². The van der Waals surface area contributed by atoms with E-state index < -0.39 is 5.97 Å². The van der Waals surface area contributed by atoms with Crippen LogP contribution in [0.3, 0.4) is 0 Å². The predicted octanol–water partition coefficient (Wildman–Crippen LogP) is -0.271. The molecule has 1 rings (SSSR count). The largest absolute Gasteiger partial charge is 0.480 e. The highest BCUT2D eigenvalue weighted by Crippen LogP contribution is 2.13. The van der Waals surface area contributed by atoms with E-state index in [-0.39, 0.29) is 19.2 Å². The second kappa shape index (κ2) is 8.71. The lowest BCUT2D eigenvalue weighted by atomic mass is 9.99. The third-order valence-corrected chi connectivity index (χ3v) is 3.03. The molecule has 0 aliphatic carbocycles. The second-order valence-corrected chi connectivity index (χ2v) is 4.85. The van der Waals surface area contributed by atoms with Gasteiger partial charge in [-0.1, -0.05) is 0 Å². The first-order chi connectivity index (χ1) is 9.08. The number of urea groups is 1. The molecule has 3 N–H and O–H groups in total. The molecule has 1 saturated heterocycles. The first kappa shape index (κ1) is 15.7. The number of hydrogen-bond acceptors (Lipinski definition) is 4. The maximum absolute atomic E-state index is 11.5. The fraction of sp³-hybridized carbons (Fsp3) is 0.833. The van der Waals surface area contributed by atoms with Gasteiger partial charge in [0.2, 0.25) is 0 Å². The summed E-state index contributed by atoms with van der Waals surface area (Å²) in [5.41, 5.74) is 0. The van der Waals surface area contributed by atoms with Crippen molar-refractivity contribution in [1.82, 2.24) is 15.5 Å². The molecule has 1 unspecified atom stereocenters. The summed E-state index contributed by atoms with van der Waals surface area (Å²) in [5.74, 6) is -0.501. The number of carbonyl (C=O) groups is 2. The first-order valence-corrected chi connectivity index (χ1v) is 6.57. The molecule has 2 amide bonds. The number of amides is 2. The molecule has 0 radical (unpaired) electrons. The van der Waals surface area contributed by atoms with E-state index in [0.717, 1.165) is 19.5 Å². The van der Waals surface area contributed by atoms with Crippen LogP contribution in [-0.4, -0.2) is 68.4 Å². The van der Waals surface area contributed by atoms with Crippen LogP contribution in [-0.2, 0) is 9.53 Å². The fourth-order valence-corrected chi connectivity index (χ4v) is 2.14. The van der Waals surface area contributed by atoms with Gasteiger partial charge in [0.15, 0.2) is 0 Å². The molecule has 110 valence electrons. The molecule has 1 atom stereocenters. The quantitative estimate of drug-likeness (QED) is 0.555. The molecule has 0 bridgehead atoms. The second-order valence-electron chi connectivity index (χ2n) is 4.85. The Morgan fingerprint density at radius 3 is 2.89 bits per heavy atom. The molecule has 1 heterocycles. The number of hydrogen-bond donors (Lipinski definition) is 3. The SMILES string of the molecule is CN1CCCC(CNC(=O)NCCOCC(=O)O)C1. The Kier molecular flexibility index (Phi) is 7.20. The number of carbonyl (C=O) groups excluding carboxylic acids is 1. The van der Waals surface area contributed by atoms with Crippen LogP contribution in [0.4, 0.5) is 4.79 Å². The van der Waals surface area contributed by atoms with E-state index in [1.165, 1.54) is 6.42 Å². The Labute approximate surface area is 113 Å². The average molecular weight is 273 g/mol. The lowest BCUT2D eigenvalue weighted by Crippen LogP contribution is -2.43. The van der Waals surface area contributed by atoms with Crippen LogP contribution in [0.5, 0.6) is 0 Å². The van der Waals surface area contributed by atoms with Gasteiger partial charge in [-0.2, -0.15) is 0 Å². The smallest absolute Gasteiger partial charge is 0.329 e. The van der Waals surface area contributed by atoms with Crippen LogP contribution in [0.1, 0.15) is 12.8 Å². The number of piperidine rings is 1. The number of carboxylic acid groups (broad SMARTS) is 1. The fourth-order valence-electron chi connectivity index (χ4n) is 2.14. The number of rotatable bonds is 7. The van der Waals surface area contributed by atoms with E-state index in [1.807, 2.05) is 0 Å². The summed E-state index contributed by atoms with van der Waals surface area (Å²) in [6.45, 7) is 2.99. The number of aliphatic carboxylic acids is 1. The zero-order chi connectivity index (χ0) is 14.1. The van der Waals surface area contributed by atoms with Crippen LogP contribution in [0.2, 0.25) is 0 Å². The van der Waals surface area contributed by atoms with Gasteiger partial charge in [-0.3, -0.25) is 0 Å². The highest BCUT2D eigenvalue weighted by Gasteiger charge is 2.17. The van der Waals surface area contributed by atoms with Crippen molar-refractivity contribution < 1.29 is 19.4 Å². The van der Waals surface area contributed by atoms with Gasteiger partial charge in [0.25, 0.3) is 0 Å². The zero-order valence-corrected chi connectivity index (χ0v) is 11.4. The van der Waals surface area contributed by atoms with Crippen LogP contribution in [0.15, 0.2) is 0 Å². The van der Waals surface area contributed by atoms with E-state index in [1.54, 1.807) is 0 Å². The Morgan fingerprint density at radius 2 is 2.21 bits per heavy atom. The molecule has 0 aromatic heterocycles. The topological polar surface area (TPSA) is 90.9 Å². The lowest BCUT2D eigenvalue weighted by Gasteiger charge is -2.29. The minimum absolute atomic E-state index is 0.200. The average Bonchev–Trinajstić information content (AvgIpc) is 2.35. The molecule has 1 aliphatic rings. The molecular weight excluding hydrogens is 250 g/mol. The van der Waals surface area contributed by atoms with Crippen LogP contribution >= 0.6 is 0 Å². The molecule has 0 aromatic rings. The Hall–Kier alpha value is -1.34. The van der Waals surface area contributed by atoms with Crippen molar-refractivity contribution in [2.45, 2.75) is 12.8 Å². The van der Waals surface area contributed by atoms with Gasteiger partial charge in [0.1, 0.15) is 6.61 Å². The summed E-state index contributed by atoms with van der Waals surface area (Å²) >= 11 is 0. The number of likely N-dealkylation sites (tertiary alicyclic amines) is 1. The number of carboxylic acids is 1. The Bertz CT molecular complexity index is 299. The van der Waals surface area contributed by atoms with E-state index in [2.05, 4.69) is 22.6 Å². The van der Waals surface area contributed by atoms with Gasteiger partial charge in [-0.25, -0.2) is 9.59 Å². The van der Waals surface area contributed by atoms with Gasteiger partial charge in [0, 0.05) is 19.6 Å². The maximum Gasteiger partial charge on any atom is 0.329 e. The molecule has 1 aliphatic heterocycles. The van der Waals surface area contributed by atoms with Gasteiger partial charge < -0.3 is 25.4 Å². The molecule has 0 aromatic carbocycles. The predicted molar refractivity (Wildman–Crippen MR) is 70.1 cm³/mol. The third kappa shape index (κ3) is 7.63. The van der Waals surface area contributed by atoms with E-state index in [0.29, 0.717) is 19.0 Å². The van der Waals surface area contributed by atoms with Crippen molar-refractivity contribution >= 4 is 12.0 Å². The van der Waals surface area contributed by atoms with Crippen molar-refractivity contribution in [1.29, 1.82) is 0 Å². The van der Waals surface area contributed by atoms with Crippen LogP contribution < -0.4 is 10.6 Å². The van der Waals surface area contributed by atoms with E-state index in [9.17, 15) is 9.59 Å². The minimum atomic E-state index is -1.01. The zero-order valence-electron chi connectivity index (χ0n) is 11.4. The highest BCUT2D eigenvalue weighted by atomic mass is 16.5. The standard InChI is InChI=1S/C12H23N3O4/c1-15-5-2-3-10(8-15)7-14-12(18)13-4-6-19-9-11(16)17/h10H,2-9H2,1H3,(H,16,17)(H2,13,14,18). The number of ether oxygens (including phenoxy) is 1. The van der Waals surface area contributed by atoms with Crippen molar-refractivity contribution in [3.8, 4) is 0 Å². The lowest BCUT2D eigenvalue weighted by molar-refractivity contribution is -0.142. The minimum Gasteiger partial charge on any atom is -0.480 e. The summed E-state index contributed by atoms with van der Waals surface area (Å²) in [5, 5.41) is 13.8. The van der Waals surface area contributed by atoms with Crippen molar-refractivity contribution in [2.75, 3.05) is 46.4 Å². The molecule has 7 nitrogen and oxygen atoms in total. The highest BCUT2D eigenvalue weighted by molar-refractivity contribution is 5.73. The molecule has 19 heavy (non-hydrogen) atoms. The first-order valence-electron chi connectivity index (χ1n) is 6.57. The van der Waals surface area contributed by atoms with Crippen LogP contribution in [0, 0.1) is 5.92 Å². The van der Waals surface area contributed by atoms with E-state index in [4.69, 9.17) is 9.84 Å². The molecule has 1 fully saturated rings. The van der Waals surface area contributed by atoms with Crippen LogP contribution in [0.25, 0.3) is 0 Å². The molecule has 0 saturated carbocycles. The maximum atomic E-state index is 11.5. The Balaban J connectivity index is 2.00. The van der Waals surface area contributed by atoms with Crippen molar-refractivity contribution in [3.05, 3.63) is 0 Å². The van der Waals surface area contributed by atoms with Gasteiger partial charge in [-0.15, -0.1) is 0 Å². The Morgan fingerprint density at radius 1 is 1.42 bits per heavy atom. The number of nitrogens with one attached hydrogen (secondary N) is 2.